The summed E-state index contributed by atoms with van der Waals surface area (Å²) in [5.41, 5.74) is 0.853. The molecule has 0 heterocycles. The maximum absolute atomic E-state index is 12.9. The van der Waals surface area contributed by atoms with Crippen LogP contribution in [0, 0.1) is 0 Å². The van der Waals surface area contributed by atoms with E-state index in [0.29, 0.717) is 5.69 Å². The van der Waals surface area contributed by atoms with Crippen LogP contribution in [0.1, 0.15) is 24.2 Å². The number of ether oxygens (including phenoxy) is 1. The second-order valence-electron chi connectivity index (χ2n) is 7.01. The number of nitrogens with one attached hydrogen (secondary N) is 2. The Morgan fingerprint density at radius 3 is 2.32 bits per heavy atom. The topological polar surface area (TPSA) is 84.5 Å². The van der Waals surface area contributed by atoms with Crippen LogP contribution in [0.3, 0.4) is 0 Å². The summed E-state index contributed by atoms with van der Waals surface area (Å²) in [5.74, 6) is -0.241. The molecule has 8 heteroatoms. The minimum Gasteiger partial charge on any atom is -0.495 e. The molecule has 3 aromatic rings. The van der Waals surface area contributed by atoms with E-state index in [1.165, 1.54) is 37.1 Å². The summed E-state index contributed by atoms with van der Waals surface area (Å²) in [6.07, 6.45) is 0. The van der Waals surface area contributed by atoms with Crippen LogP contribution in [0.15, 0.2) is 87.5 Å². The van der Waals surface area contributed by atoms with E-state index in [-0.39, 0.29) is 22.3 Å². The van der Waals surface area contributed by atoms with E-state index in [1.807, 2.05) is 54.6 Å². The molecule has 0 aliphatic heterocycles. The second-order valence-corrected chi connectivity index (χ2v) is 9.80. The number of methoxy groups -OCH3 is 1. The van der Waals surface area contributed by atoms with E-state index in [9.17, 15) is 13.2 Å². The number of hydrogen-bond acceptors (Lipinski definition) is 5. The van der Waals surface area contributed by atoms with Gasteiger partial charge in [0.1, 0.15) is 10.6 Å². The molecule has 3 rings (SSSR count). The molecule has 0 bridgehead atoms. The summed E-state index contributed by atoms with van der Waals surface area (Å²) in [5, 5.41) is 2.89. The number of carbonyl (C=O) groups excluding carboxylic acids is 1. The van der Waals surface area contributed by atoms with Crippen molar-refractivity contribution in [3.05, 3.63) is 78.4 Å². The van der Waals surface area contributed by atoms with Gasteiger partial charge in [0.05, 0.1) is 12.8 Å². The number of benzene rings is 3. The van der Waals surface area contributed by atoms with Crippen LogP contribution < -0.4 is 14.8 Å². The van der Waals surface area contributed by atoms with Crippen molar-refractivity contribution < 1.29 is 17.9 Å². The van der Waals surface area contributed by atoms with E-state index in [1.54, 1.807) is 13.8 Å². The van der Waals surface area contributed by atoms with Crippen molar-refractivity contribution in [1.82, 2.24) is 4.72 Å². The molecule has 1 amide bonds. The predicted molar refractivity (Wildman–Crippen MR) is 123 cm³/mol. The zero-order valence-corrected chi connectivity index (χ0v) is 19.1. The lowest BCUT2D eigenvalue weighted by Gasteiger charge is -2.15. The predicted octanol–water partition coefficient (Wildman–Crippen LogP) is 4.79. The number of sulfonamides is 1. The lowest BCUT2D eigenvalue weighted by Crippen LogP contribution is -2.30. The Kier molecular flexibility index (Phi) is 7.37. The SMILES string of the molecule is COc1ccc(C(=O)Nc2ccccc2Sc2ccccc2)cc1S(=O)(=O)NC(C)C. The lowest BCUT2D eigenvalue weighted by atomic mass is 10.2. The van der Waals surface area contributed by atoms with E-state index in [4.69, 9.17) is 4.74 Å². The fourth-order valence-electron chi connectivity index (χ4n) is 2.87. The van der Waals surface area contributed by atoms with Gasteiger partial charge in [-0.1, -0.05) is 42.1 Å². The first-order chi connectivity index (χ1) is 14.8. The summed E-state index contributed by atoms with van der Waals surface area (Å²) in [4.78, 5) is 14.8. The molecule has 0 radical (unpaired) electrons. The standard InChI is InChI=1S/C23H24N2O4S2/c1-16(2)25-31(27,28)22-15-17(13-14-20(22)29-3)23(26)24-19-11-7-8-12-21(19)30-18-9-5-4-6-10-18/h4-16,25H,1-3H3,(H,24,26). The van der Waals surface area contributed by atoms with Crippen LogP contribution in [0.2, 0.25) is 0 Å². The Balaban J connectivity index is 1.89. The van der Waals surface area contributed by atoms with Crippen LogP contribution >= 0.6 is 11.8 Å². The normalized spacial score (nSPS) is 11.4. The molecule has 162 valence electrons. The Bertz CT molecular complexity index is 1160. The second kappa shape index (κ2) is 10.00. The Morgan fingerprint density at radius 2 is 1.65 bits per heavy atom. The summed E-state index contributed by atoms with van der Waals surface area (Å²) in [6.45, 7) is 3.45. The van der Waals surface area contributed by atoms with E-state index in [0.717, 1.165) is 9.79 Å². The quantitative estimate of drug-likeness (QED) is 0.509. The average molecular weight is 457 g/mol. The molecule has 0 aliphatic carbocycles. The first-order valence-electron chi connectivity index (χ1n) is 9.64. The van der Waals surface area contributed by atoms with Gasteiger partial charge in [-0.05, 0) is 56.3 Å². The highest BCUT2D eigenvalue weighted by molar-refractivity contribution is 7.99. The average Bonchev–Trinajstić information content (AvgIpc) is 2.74. The number of rotatable bonds is 8. The summed E-state index contributed by atoms with van der Waals surface area (Å²) < 4.78 is 33.1. The Labute approximate surface area is 187 Å². The van der Waals surface area contributed by atoms with Gasteiger partial charge < -0.3 is 10.1 Å². The highest BCUT2D eigenvalue weighted by Crippen LogP contribution is 2.33. The van der Waals surface area contributed by atoms with Crippen molar-refractivity contribution in [3.8, 4) is 5.75 Å². The van der Waals surface area contributed by atoms with Crippen molar-refractivity contribution in [2.75, 3.05) is 12.4 Å². The third-order valence-electron chi connectivity index (χ3n) is 4.21. The molecular weight excluding hydrogens is 432 g/mol. The zero-order valence-electron chi connectivity index (χ0n) is 17.5. The van der Waals surface area contributed by atoms with Gasteiger partial charge in [-0.3, -0.25) is 4.79 Å². The molecule has 6 nitrogen and oxygen atoms in total. The van der Waals surface area contributed by atoms with Crippen LogP contribution in [-0.2, 0) is 10.0 Å². The number of para-hydroxylation sites is 1. The highest BCUT2D eigenvalue weighted by atomic mass is 32.2. The number of anilines is 1. The third kappa shape index (κ3) is 5.88. The van der Waals surface area contributed by atoms with Crippen molar-refractivity contribution >= 4 is 33.4 Å². The Hall–Kier alpha value is -2.81. The maximum Gasteiger partial charge on any atom is 0.255 e. The van der Waals surface area contributed by atoms with Gasteiger partial charge in [0.15, 0.2) is 0 Å². The van der Waals surface area contributed by atoms with Crippen LogP contribution in [0.25, 0.3) is 0 Å². The molecule has 2 N–H and O–H groups in total. The van der Waals surface area contributed by atoms with Gasteiger partial charge in [-0.2, -0.15) is 0 Å². The number of carbonyl (C=O) groups is 1. The molecule has 0 spiro atoms. The molecule has 3 aromatic carbocycles. The minimum atomic E-state index is -3.84. The summed E-state index contributed by atoms with van der Waals surface area (Å²) in [6, 6.07) is 21.3. The fraction of sp³-hybridized carbons (Fsp3) is 0.174. The molecule has 0 aliphatic rings. The van der Waals surface area contributed by atoms with Gasteiger partial charge >= 0.3 is 0 Å². The molecule has 0 saturated carbocycles. The zero-order chi connectivity index (χ0) is 22.4. The molecular formula is C23H24N2O4S2. The molecule has 31 heavy (non-hydrogen) atoms. The molecule has 0 aromatic heterocycles. The first kappa shape index (κ1) is 22.9. The smallest absolute Gasteiger partial charge is 0.255 e. The number of hydrogen-bond donors (Lipinski definition) is 2. The van der Waals surface area contributed by atoms with Gasteiger partial charge in [-0.25, -0.2) is 13.1 Å². The summed E-state index contributed by atoms with van der Waals surface area (Å²) >= 11 is 1.53. The van der Waals surface area contributed by atoms with Crippen molar-refractivity contribution in [1.29, 1.82) is 0 Å². The molecule has 0 saturated heterocycles. The highest BCUT2D eigenvalue weighted by Gasteiger charge is 2.22. The van der Waals surface area contributed by atoms with Crippen LogP contribution in [0.5, 0.6) is 5.75 Å². The van der Waals surface area contributed by atoms with Crippen molar-refractivity contribution in [3.63, 3.8) is 0 Å². The van der Waals surface area contributed by atoms with Gasteiger partial charge in [0.25, 0.3) is 5.91 Å². The van der Waals surface area contributed by atoms with Gasteiger partial charge in [0, 0.05) is 21.4 Å². The molecule has 0 atom stereocenters. The monoisotopic (exact) mass is 456 g/mol. The van der Waals surface area contributed by atoms with E-state index >= 15 is 0 Å². The van der Waals surface area contributed by atoms with E-state index in [2.05, 4.69) is 10.0 Å². The minimum absolute atomic E-state index is 0.0803. The number of amides is 1. The summed E-state index contributed by atoms with van der Waals surface area (Å²) in [7, 11) is -2.45. The van der Waals surface area contributed by atoms with E-state index < -0.39 is 15.9 Å². The van der Waals surface area contributed by atoms with Gasteiger partial charge in [-0.15, -0.1) is 0 Å². The van der Waals surface area contributed by atoms with Crippen LogP contribution in [0.4, 0.5) is 5.69 Å². The fourth-order valence-corrected chi connectivity index (χ4v) is 5.24. The lowest BCUT2D eigenvalue weighted by molar-refractivity contribution is 0.102. The van der Waals surface area contributed by atoms with Gasteiger partial charge in [0.2, 0.25) is 10.0 Å². The van der Waals surface area contributed by atoms with Crippen molar-refractivity contribution in [2.45, 2.75) is 34.6 Å². The third-order valence-corrected chi connectivity index (χ3v) is 6.98. The Morgan fingerprint density at radius 1 is 0.968 bits per heavy atom. The molecule has 0 fully saturated rings. The first-order valence-corrected chi connectivity index (χ1v) is 11.9. The largest absolute Gasteiger partial charge is 0.495 e. The van der Waals surface area contributed by atoms with Crippen molar-refractivity contribution in [2.24, 2.45) is 0 Å². The van der Waals surface area contributed by atoms with Crippen LogP contribution in [-0.4, -0.2) is 27.5 Å². The maximum atomic E-state index is 12.9. The molecule has 0 unspecified atom stereocenters.